The van der Waals surface area contributed by atoms with Crippen LogP contribution in [0.15, 0.2) is 78.9 Å². The van der Waals surface area contributed by atoms with Gasteiger partial charge in [0.15, 0.2) is 0 Å². The number of hydrogen-bond donors (Lipinski definition) is 0. The summed E-state index contributed by atoms with van der Waals surface area (Å²) in [5, 5.41) is 0.595. The van der Waals surface area contributed by atoms with Crippen molar-refractivity contribution in [2.75, 3.05) is 12.0 Å². The van der Waals surface area contributed by atoms with Crippen LogP contribution in [0.1, 0.15) is 22.0 Å². The van der Waals surface area contributed by atoms with E-state index in [2.05, 4.69) is 0 Å². The lowest BCUT2D eigenvalue weighted by atomic mass is 9.89. The Hall–Kier alpha value is -3.31. The number of esters is 1. The monoisotopic (exact) mass is 407 g/mol. The number of methoxy groups -OCH3 is 1. The maximum atomic E-state index is 13.0. The molecule has 4 rings (SSSR count). The molecule has 146 valence electrons. The van der Waals surface area contributed by atoms with E-state index in [9.17, 15) is 9.59 Å². The van der Waals surface area contributed by atoms with Crippen LogP contribution < -0.4 is 9.64 Å². The number of ether oxygens (including phenoxy) is 2. The zero-order valence-electron chi connectivity index (χ0n) is 15.6. The van der Waals surface area contributed by atoms with Gasteiger partial charge in [0, 0.05) is 10.7 Å². The number of para-hydroxylation sites is 1. The van der Waals surface area contributed by atoms with Gasteiger partial charge < -0.3 is 9.47 Å². The Kier molecular flexibility index (Phi) is 5.23. The van der Waals surface area contributed by atoms with Crippen molar-refractivity contribution in [1.29, 1.82) is 0 Å². The largest absolute Gasteiger partial charge is 0.478 e. The standard InChI is InChI=1S/C23H18ClNO4/c1-28-23(27)16-9-7-15(8-10-16)20-21(29-19-5-3-2-4-6-19)22(26)25(20)18-13-11-17(24)12-14-18/h2-14,20-21H,1H3. The topological polar surface area (TPSA) is 55.8 Å². The second kappa shape index (κ2) is 7.97. The summed E-state index contributed by atoms with van der Waals surface area (Å²) in [6.45, 7) is 0. The van der Waals surface area contributed by atoms with Crippen LogP contribution >= 0.6 is 11.6 Å². The molecule has 0 aliphatic carbocycles. The first kappa shape index (κ1) is 19.0. The molecule has 0 N–H and O–H groups in total. The van der Waals surface area contributed by atoms with Crippen LogP contribution in [0.4, 0.5) is 5.69 Å². The Morgan fingerprint density at radius 2 is 1.59 bits per heavy atom. The number of β-lactam (4-membered cyclic amide) rings is 1. The van der Waals surface area contributed by atoms with Crippen LogP contribution in [0.2, 0.25) is 5.02 Å². The summed E-state index contributed by atoms with van der Waals surface area (Å²) >= 11 is 5.99. The normalized spacial score (nSPS) is 18.1. The minimum Gasteiger partial charge on any atom is -0.478 e. The van der Waals surface area contributed by atoms with Crippen molar-refractivity contribution in [3.63, 3.8) is 0 Å². The summed E-state index contributed by atoms with van der Waals surface area (Å²) in [7, 11) is 1.34. The van der Waals surface area contributed by atoms with Gasteiger partial charge in [-0.3, -0.25) is 9.69 Å². The van der Waals surface area contributed by atoms with Crippen molar-refractivity contribution in [3.8, 4) is 5.75 Å². The highest BCUT2D eigenvalue weighted by Gasteiger charge is 2.51. The zero-order valence-corrected chi connectivity index (χ0v) is 16.4. The van der Waals surface area contributed by atoms with E-state index in [1.54, 1.807) is 41.3 Å². The number of halogens is 1. The van der Waals surface area contributed by atoms with Crippen molar-refractivity contribution in [2.24, 2.45) is 0 Å². The lowest BCUT2D eigenvalue weighted by Gasteiger charge is -2.46. The van der Waals surface area contributed by atoms with E-state index >= 15 is 0 Å². The van der Waals surface area contributed by atoms with Crippen LogP contribution in [-0.4, -0.2) is 25.1 Å². The van der Waals surface area contributed by atoms with Crippen LogP contribution in [-0.2, 0) is 9.53 Å². The molecule has 2 unspecified atom stereocenters. The van der Waals surface area contributed by atoms with E-state index in [-0.39, 0.29) is 11.9 Å². The third kappa shape index (κ3) is 3.69. The predicted molar refractivity (Wildman–Crippen MR) is 110 cm³/mol. The molecule has 3 aromatic rings. The molecule has 0 saturated carbocycles. The molecule has 1 amide bonds. The van der Waals surface area contributed by atoms with E-state index in [0.29, 0.717) is 16.3 Å². The van der Waals surface area contributed by atoms with E-state index in [1.165, 1.54) is 7.11 Å². The Bertz CT molecular complexity index is 1020. The van der Waals surface area contributed by atoms with Gasteiger partial charge in [-0.05, 0) is 54.1 Å². The Balaban J connectivity index is 1.67. The van der Waals surface area contributed by atoms with Gasteiger partial charge in [0.2, 0.25) is 6.10 Å². The molecule has 1 heterocycles. The number of nitrogens with zero attached hydrogens (tertiary/aromatic N) is 1. The predicted octanol–water partition coefficient (Wildman–Crippen LogP) is 4.66. The van der Waals surface area contributed by atoms with Gasteiger partial charge in [-0.2, -0.15) is 0 Å². The third-order valence-electron chi connectivity index (χ3n) is 4.83. The number of benzene rings is 3. The number of anilines is 1. The first-order valence-corrected chi connectivity index (χ1v) is 9.45. The fraction of sp³-hybridized carbons (Fsp3) is 0.130. The molecule has 29 heavy (non-hydrogen) atoms. The van der Waals surface area contributed by atoms with Crippen molar-refractivity contribution < 1.29 is 19.1 Å². The third-order valence-corrected chi connectivity index (χ3v) is 5.08. The van der Waals surface area contributed by atoms with Gasteiger partial charge in [-0.15, -0.1) is 0 Å². The number of rotatable bonds is 5. The molecule has 0 radical (unpaired) electrons. The molecule has 0 bridgehead atoms. The molecule has 1 aliphatic rings. The summed E-state index contributed by atoms with van der Waals surface area (Å²) in [5.74, 6) is 0.0730. The van der Waals surface area contributed by atoms with Crippen molar-refractivity contribution in [1.82, 2.24) is 0 Å². The summed E-state index contributed by atoms with van der Waals surface area (Å²) in [6.07, 6.45) is -0.669. The summed E-state index contributed by atoms with van der Waals surface area (Å²) in [5.41, 5.74) is 2.03. The van der Waals surface area contributed by atoms with Crippen LogP contribution in [0, 0.1) is 0 Å². The fourth-order valence-corrected chi connectivity index (χ4v) is 3.50. The number of carbonyl (C=O) groups excluding carboxylic acids is 2. The highest BCUT2D eigenvalue weighted by molar-refractivity contribution is 6.30. The fourth-order valence-electron chi connectivity index (χ4n) is 3.37. The van der Waals surface area contributed by atoms with Gasteiger partial charge in [-0.25, -0.2) is 4.79 Å². The van der Waals surface area contributed by atoms with E-state index in [0.717, 1.165) is 11.3 Å². The van der Waals surface area contributed by atoms with E-state index in [4.69, 9.17) is 21.1 Å². The summed E-state index contributed by atoms with van der Waals surface area (Å²) < 4.78 is 10.8. The van der Waals surface area contributed by atoms with Gasteiger partial charge in [0.1, 0.15) is 11.8 Å². The van der Waals surface area contributed by atoms with E-state index in [1.807, 2.05) is 42.5 Å². The molecule has 5 nitrogen and oxygen atoms in total. The molecule has 3 aromatic carbocycles. The summed E-state index contributed by atoms with van der Waals surface area (Å²) in [4.78, 5) is 26.4. The molecule has 1 aliphatic heterocycles. The van der Waals surface area contributed by atoms with Crippen molar-refractivity contribution in [2.45, 2.75) is 12.1 Å². The smallest absolute Gasteiger partial charge is 0.337 e. The molecule has 0 spiro atoms. The quantitative estimate of drug-likeness (QED) is 0.456. The average molecular weight is 408 g/mol. The highest BCUT2D eigenvalue weighted by Crippen LogP contribution is 2.41. The molecule has 2 atom stereocenters. The molecular formula is C23H18ClNO4. The molecule has 1 saturated heterocycles. The van der Waals surface area contributed by atoms with Gasteiger partial charge >= 0.3 is 5.97 Å². The first-order valence-electron chi connectivity index (χ1n) is 9.07. The lowest BCUT2D eigenvalue weighted by molar-refractivity contribution is -0.135. The van der Waals surface area contributed by atoms with Crippen molar-refractivity contribution in [3.05, 3.63) is 95.0 Å². The maximum absolute atomic E-state index is 13.0. The minimum absolute atomic E-state index is 0.141. The molecule has 6 heteroatoms. The maximum Gasteiger partial charge on any atom is 0.337 e. The Morgan fingerprint density at radius 3 is 2.21 bits per heavy atom. The summed E-state index contributed by atoms with van der Waals surface area (Å²) in [6, 6.07) is 23.0. The zero-order chi connectivity index (χ0) is 20.4. The minimum atomic E-state index is -0.669. The van der Waals surface area contributed by atoms with Crippen LogP contribution in [0.3, 0.4) is 0 Å². The van der Waals surface area contributed by atoms with Gasteiger partial charge in [0.05, 0.1) is 12.7 Å². The SMILES string of the molecule is COC(=O)c1ccc(C2C(Oc3ccccc3)C(=O)N2c2ccc(Cl)cc2)cc1. The first-order chi connectivity index (χ1) is 14.1. The number of carbonyl (C=O) groups is 2. The molecule has 0 aromatic heterocycles. The van der Waals surface area contributed by atoms with Crippen molar-refractivity contribution >= 4 is 29.2 Å². The lowest BCUT2D eigenvalue weighted by Crippen LogP contribution is -2.61. The Labute approximate surface area is 173 Å². The second-order valence-corrected chi connectivity index (χ2v) is 7.03. The number of amides is 1. The van der Waals surface area contributed by atoms with E-state index < -0.39 is 12.1 Å². The second-order valence-electron chi connectivity index (χ2n) is 6.59. The molecule has 1 fully saturated rings. The molecular weight excluding hydrogens is 390 g/mol. The average Bonchev–Trinajstić information content (AvgIpc) is 2.77. The Morgan fingerprint density at radius 1 is 0.931 bits per heavy atom. The van der Waals surface area contributed by atoms with Gasteiger partial charge in [-0.1, -0.05) is 41.9 Å². The van der Waals surface area contributed by atoms with Crippen LogP contribution in [0.5, 0.6) is 5.75 Å². The van der Waals surface area contributed by atoms with Gasteiger partial charge in [0.25, 0.3) is 5.91 Å². The number of hydrogen-bond acceptors (Lipinski definition) is 4. The van der Waals surface area contributed by atoms with Crippen LogP contribution in [0.25, 0.3) is 0 Å². The highest BCUT2D eigenvalue weighted by atomic mass is 35.5.